The number of nitrogens with zero attached hydrogens (tertiary/aromatic N) is 2. The predicted molar refractivity (Wildman–Crippen MR) is 67.6 cm³/mol. The smallest absolute Gasteiger partial charge is 0.151 e. The van der Waals surface area contributed by atoms with Crippen LogP contribution in [-0.4, -0.2) is 30.2 Å². The van der Waals surface area contributed by atoms with Crippen molar-refractivity contribution in [2.75, 3.05) is 20.1 Å². The monoisotopic (exact) mass is 237 g/mol. The van der Waals surface area contributed by atoms with Gasteiger partial charge in [-0.25, -0.2) is 0 Å². The summed E-state index contributed by atoms with van der Waals surface area (Å²) in [7, 11) is 1.92. The molecule has 0 spiro atoms. The number of nitrogens with one attached hydrogen (secondary N) is 1. The Hall–Kier alpha value is -0.870. The van der Waals surface area contributed by atoms with Crippen LogP contribution in [0.4, 0.5) is 0 Å². The van der Waals surface area contributed by atoms with Gasteiger partial charge in [-0.3, -0.25) is 4.90 Å². The number of likely N-dealkylation sites (tertiary alicyclic amines) is 1. The van der Waals surface area contributed by atoms with E-state index >= 15 is 0 Å². The third-order valence-corrected chi connectivity index (χ3v) is 3.32. The van der Waals surface area contributed by atoms with Crippen LogP contribution in [0.5, 0.6) is 0 Å². The van der Waals surface area contributed by atoms with E-state index in [0.29, 0.717) is 5.41 Å². The van der Waals surface area contributed by atoms with E-state index in [4.69, 9.17) is 4.52 Å². The standard InChI is InChI=1S/C13H23N3O/c1-13(2)5-4-6-16(10-13)9-12-7-11(8-14-3)15-17-12/h7,14H,4-6,8-10H2,1-3H3. The lowest BCUT2D eigenvalue weighted by molar-refractivity contribution is 0.102. The first-order chi connectivity index (χ1) is 8.09. The highest BCUT2D eigenvalue weighted by atomic mass is 16.5. The molecule has 4 heteroatoms. The molecule has 0 atom stereocenters. The normalized spacial score (nSPS) is 20.6. The second kappa shape index (κ2) is 5.19. The second-order valence-electron chi connectivity index (χ2n) is 5.79. The molecule has 0 aliphatic carbocycles. The Morgan fingerprint density at radius 3 is 3.06 bits per heavy atom. The lowest BCUT2D eigenvalue weighted by Crippen LogP contribution is -2.39. The van der Waals surface area contributed by atoms with Crippen LogP contribution in [0.1, 0.15) is 38.1 Å². The van der Waals surface area contributed by atoms with Crippen LogP contribution in [0.3, 0.4) is 0 Å². The molecule has 1 aromatic heterocycles. The molecule has 1 aliphatic heterocycles. The van der Waals surface area contributed by atoms with Gasteiger partial charge in [0.25, 0.3) is 0 Å². The molecule has 1 saturated heterocycles. The van der Waals surface area contributed by atoms with Crippen molar-refractivity contribution in [3.05, 3.63) is 17.5 Å². The lowest BCUT2D eigenvalue weighted by atomic mass is 9.84. The Labute approximate surface area is 103 Å². The maximum Gasteiger partial charge on any atom is 0.151 e. The molecule has 0 saturated carbocycles. The van der Waals surface area contributed by atoms with E-state index in [9.17, 15) is 0 Å². The van der Waals surface area contributed by atoms with Gasteiger partial charge in [-0.15, -0.1) is 0 Å². The number of hydrogen-bond donors (Lipinski definition) is 1. The molecular formula is C13H23N3O. The minimum Gasteiger partial charge on any atom is -0.360 e. The fourth-order valence-electron chi connectivity index (χ4n) is 2.59. The van der Waals surface area contributed by atoms with Crippen molar-refractivity contribution in [3.8, 4) is 0 Å². The number of hydrogen-bond acceptors (Lipinski definition) is 4. The molecule has 0 unspecified atom stereocenters. The maximum atomic E-state index is 5.36. The lowest BCUT2D eigenvalue weighted by Gasteiger charge is -2.37. The van der Waals surface area contributed by atoms with E-state index in [-0.39, 0.29) is 0 Å². The molecule has 2 rings (SSSR count). The summed E-state index contributed by atoms with van der Waals surface area (Å²) in [6, 6.07) is 2.05. The highest BCUT2D eigenvalue weighted by Gasteiger charge is 2.26. The summed E-state index contributed by atoms with van der Waals surface area (Å²) in [5.74, 6) is 0.980. The quantitative estimate of drug-likeness (QED) is 0.870. The van der Waals surface area contributed by atoms with Crippen molar-refractivity contribution in [1.29, 1.82) is 0 Å². The summed E-state index contributed by atoms with van der Waals surface area (Å²) in [5, 5.41) is 7.12. The Bertz CT molecular complexity index is 359. The number of aromatic nitrogens is 1. The van der Waals surface area contributed by atoms with Crippen LogP contribution in [-0.2, 0) is 13.1 Å². The zero-order valence-corrected chi connectivity index (χ0v) is 11.1. The van der Waals surface area contributed by atoms with Gasteiger partial charge in [0, 0.05) is 19.2 Å². The van der Waals surface area contributed by atoms with Gasteiger partial charge in [-0.1, -0.05) is 19.0 Å². The van der Waals surface area contributed by atoms with Crippen LogP contribution >= 0.6 is 0 Å². The third-order valence-electron chi connectivity index (χ3n) is 3.32. The molecule has 4 nitrogen and oxygen atoms in total. The van der Waals surface area contributed by atoms with Crippen LogP contribution < -0.4 is 5.32 Å². The van der Waals surface area contributed by atoms with Gasteiger partial charge >= 0.3 is 0 Å². The van der Waals surface area contributed by atoms with Crippen molar-refractivity contribution in [2.45, 2.75) is 39.8 Å². The van der Waals surface area contributed by atoms with Gasteiger partial charge in [0.15, 0.2) is 5.76 Å². The van der Waals surface area contributed by atoms with E-state index in [2.05, 4.69) is 35.3 Å². The maximum absolute atomic E-state index is 5.36. The minimum atomic E-state index is 0.437. The first kappa shape index (κ1) is 12.6. The van der Waals surface area contributed by atoms with Gasteiger partial charge in [-0.2, -0.15) is 0 Å². The van der Waals surface area contributed by atoms with Crippen molar-refractivity contribution in [1.82, 2.24) is 15.4 Å². The van der Waals surface area contributed by atoms with E-state index in [0.717, 1.165) is 31.1 Å². The molecular weight excluding hydrogens is 214 g/mol. The molecule has 0 radical (unpaired) electrons. The predicted octanol–water partition coefficient (Wildman–Crippen LogP) is 2.02. The van der Waals surface area contributed by atoms with Gasteiger partial charge in [0.05, 0.1) is 12.2 Å². The van der Waals surface area contributed by atoms with Gasteiger partial charge in [0.2, 0.25) is 0 Å². The SMILES string of the molecule is CNCc1cc(CN2CCCC(C)(C)C2)on1. The summed E-state index contributed by atoms with van der Waals surface area (Å²) in [5.41, 5.74) is 1.42. The topological polar surface area (TPSA) is 41.3 Å². The molecule has 1 N–H and O–H groups in total. The van der Waals surface area contributed by atoms with Gasteiger partial charge in [0.1, 0.15) is 0 Å². The third kappa shape index (κ3) is 3.54. The summed E-state index contributed by atoms with van der Waals surface area (Å²) in [6.45, 7) is 8.66. The molecule has 1 aromatic rings. The van der Waals surface area contributed by atoms with Crippen LogP contribution in [0, 0.1) is 5.41 Å². The van der Waals surface area contributed by atoms with E-state index in [1.165, 1.54) is 19.4 Å². The largest absolute Gasteiger partial charge is 0.360 e. The molecule has 1 aliphatic rings. The Morgan fingerprint density at radius 2 is 2.35 bits per heavy atom. The highest BCUT2D eigenvalue weighted by molar-refractivity contribution is 5.05. The van der Waals surface area contributed by atoms with Crippen LogP contribution in [0.15, 0.2) is 10.6 Å². The summed E-state index contributed by atoms with van der Waals surface area (Å²) in [4.78, 5) is 2.47. The molecule has 17 heavy (non-hydrogen) atoms. The summed E-state index contributed by atoms with van der Waals surface area (Å²) in [6.07, 6.45) is 2.61. The fourth-order valence-corrected chi connectivity index (χ4v) is 2.59. The average Bonchev–Trinajstić information content (AvgIpc) is 2.64. The van der Waals surface area contributed by atoms with Crippen LogP contribution in [0.2, 0.25) is 0 Å². The van der Waals surface area contributed by atoms with Crippen molar-refractivity contribution < 1.29 is 4.52 Å². The summed E-state index contributed by atoms with van der Waals surface area (Å²) >= 11 is 0. The van der Waals surface area contributed by atoms with Crippen molar-refractivity contribution in [2.24, 2.45) is 5.41 Å². The second-order valence-corrected chi connectivity index (χ2v) is 5.79. The Balaban J connectivity index is 1.91. The van der Waals surface area contributed by atoms with Gasteiger partial charge in [-0.05, 0) is 31.8 Å². The molecule has 0 amide bonds. The number of rotatable bonds is 4. The first-order valence-electron chi connectivity index (χ1n) is 6.40. The zero-order valence-electron chi connectivity index (χ0n) is 11.1. The molecule has 96 valence electrons. The average molecular weight is 237 g/mol. The zero-order chi connectivity index (χ0) is 12.3. The highest BCUT2D eigenvalue weighted by Crippen LogP contribution is 2.29. The fraction of sp³-hybridized carbons (Fsp3) is 0.769. The minimum absolute atomic E-state index is 0.437. The number of piperidine rings is 1. The van der Waals surface area contributed by atoms with Crippen molar-refractivity contribution >= 4 is 0 Å². The molecule has 2 heterocycles. The van der Waals surface area contributed by atoms with E-state index in [1.807, 2.05) is 7.05 Å². The van der Waals surface area contributed by atoms with E-state index in [1.54, 1.807) is 0 Å². The van der Waals surface area contributed by atoms with E-state index < -0.39 is 0 Å². The van der Waals surface area contributed by atoms with Gasteiger partial charge < -0.3 is 9.84 Å². The molecule has 0 aromatic carbocycles. The Morgan fingerprint density at radius 1 is 1.53 bits per heavy atom. The Kier molecular flexibility index (Phi) is 3.84. The summed E-state index contributed by atoms with van der Waals surface area (Å²) < 4.78 is 5.36. The molecule has 1 fully saturated rings. The van der Waals surface area contributed by atoms with Crippen LogP contribution in [0.25, 0.3) is 0 Å². The first-order valence-corrected chi connectivity index (χ1v) is 6.40. The van der Waals surface area contributed by atoms with Crippen molar-refractivity contribution in [3.63, 3.8) is 0 Å². The molecule has 0 bridgehead atoms.